The van der Waals surface area contributed by atoms with Gasteiger partial charge < -0.3 is 5.32 Å². The number of hydrogen-bond acceptors (Lipinski definition) is 4. The lowest BCUT2D eigenvalue weighted by Gasteiger charge is -2.06. The van der Waals surface area contributed by atoms with Gasteiger partial charge in [0.25, 0.3) is 0 Å². The van der Waals surface area contributed by atoms with Gasteiger partial charge in [-0.1, -0.05) is 12.1 Å². The Morgan fingerprint density at radius 2 is 1.93 bits per heavy atom. The zero-order valence-corrected chi connectivity index (χ0v) is 15.3. The van der Waals surface area contributed by atoms with Crippen LogP contribution in [0.5, 0.6) is 0 Å². The van der Waals surface area contributed by atoms with Gasteiger partial charge in [0.1, 0.15) is 0 Å². The van der Waals surface area contributed by atoms with Gasteiger partial charge >= 0.3 is 6.18 Å². The Labute approximate surface area is 157 Å². The molecular formula is C18H17F3N4OS. The van der Waals surface area contributed by atoms with Crippen LogP contribution in [-0.2, 0) is 30.9 Å². The summed E-state index contributed by atoms with van der Waals surface area (Å²) in [6, 6.07) is 5.04. The summed E-state index contributed by atoms with van der Waals surface area (Å²) in [4.78, 5) is 17.0. The Morgan fingerprint density at radius 1 is 1.19 bits per heavy atom. The number of carbonyl (C=O) groups is 1. The molecule has 0 aliphatic heterocycles. The van der Waals surface area contributed by atoms with Crippen LogP contribution in [0.15, 0.2) is 42.9 Å². The molecule has 5 nitrogen and oxygen atoms in total. The van der Waals surface area contributed by atoms with Crippen LogP contribution in [0.1, 0.15) is 28.0 Å². The Kier molecular flexibility index (Phi) is 5.59. The molecule has 0 unspecified atom stereocenters. The lowest BCUT2D eigenvalue weighted by molar-refractivity contribution is -0.137. The molecule has 0 saturated carbocycles. The first-order chi connectivity index (χ1) is 12.8. The first-order valence-electron chi connectivity index (χ1n) is 8.18. The average molecular weight is 394 g/mol. The van der Waals surface area contributed by atoms with Gasteiger partial charge in [-0.05, 0) is 29.7 Å². The minimum Gasteiger partial charge on any atom is -0.302 e. The fourth-order valence-corrected chi connectivity index (χ4v) is 3.36. The fourth-order valence-electron chi connectivity index (χ4n) is 2.50. The molecule has 9 heteroatoms. The number of hydrogen-bond donors (Lipinski definition) is 1. The molecule has 0 spiro atoms. The Hall–Kier alpha value is -2.68. The van der Waals surface area contributed by atoms with Crippen LogP contribution in [-0.4, -0.2) is 20.7 Å². The maximum absolute atomic E-state index is 12.6. The van der Waals surface area contributed by atoms with Gasteiger partial charge in [-0.25, -0.2) is 4.98 Å². The number of benzene rings is 1. The van der Waals surface area contributed by atoms with E-state index in [0.717, 1.165) is 28.1 Å². The van der Waals surface area contributed by atoms with Crippen LogP contribution in [0, 0.1) is 0 Å². The molecule has 2 heterocycles. The van der Waals surface area contributed by atoms with Gasteiger partial charge in [0.2, 0.25) is 5.91 Å². The molecule has 3 aromatic rings. The van der Waals surface area contributed by atoms with Crippen LogP contribution in [0.25, 0.3) is 0 Å². The summed E-state index contributed by atoms with van der Waals surface area (Å²) in [5, 5.41) is 7.28. The summed E-state index contributed by atoms with van der Waals surface area (Å²) in [5.74, 6) is -0.144. The number of aryl methyl sites for hydroxylation is 2. The van der Waals surface area contributed by atoms with E-state index < -0.39 is 11.7 Å². The number of amides is 1. The molecule has 1 aromatic carbocycles. The van der Waals surface area contributed by atoms with Gasteiger partial charge in [-0.15, -0.1) is 11.3 Å². The third-order valence-electron chi connectivity index (χ3n) is 3.86. The average Bonchev–Trinajstić information content (AvgIpc) is 3.21. The van der Waals surface area contributed by atoms with Crippen molar-refractivity contribution in [1.82, 2.24) is 14.8 Å². The van der Waals surface area contributed by atoms with E-state index in [0.29, 0.717) is 24.4 Å². The number of aromatic nitrogens is 3. The molecule has 3 rings (SSSR count). The van der Waals surface area contributed by atoms with E-state index in [1.54, 1.807) is 17.1 Å². The van der Waals surface area contributed by atoms with Crippen molar-refractivity contribution in [2.24, 2.45) is 7.05 Å². The molecule has 0 fully saturated rings. The van der Waals surface area contributed by atoms with Gasteiger partial charge in [-0.3, -0.25) is 9.48 Å². The summed E-state index contributed by atoms with van der Waals surface area (Å²) in [5.41, 5.74) is 1.06. The highest BCUT2D eigenvalue weighted by molar-refractivity contribution is 7.15. The van der Waals surface area contributed by atoms with E-state index >= 15 is 0 Å². The molecule has 0 atom stereocenters. The van der Waals surface area contributed by atoms with Gasteiger partial charge in [-0.2, -0.15) is 18.3 Å². The van der Waals surface area contributed by atoms with E-state index in [4.69, 9.17) is 0 Å². The zero-order valence-electron chi connectivity index (χ0n) is 14.5. The summed E-state index contributed by atoms with van der Waals surface area (Å²) in [7, 11) is 1.82. The number of carbonyl (C=O) groups excluding carboxylic acids is 1. The van der Waals surface area contributed by atoms with Crippen LogP contribution >= 0.6 is 11.3 Å². The zero-order chi connectivity index (χ0) is 19.4. The van der Waals surface area contributed by atoms with Crippen LogP contribution < -0.4 is 5.32 Å². The van der Waals surface area contributed by atoms with Crippen molar-refractivity contribution in [3.8, 4) is 0 Å². The van der Waals surface area contributed by atoms with E-state index in [2.05, 4.69) is 15.4 Å². The van der Waals surface area contributed by atoms with Crippen LogP contribution in [0.3, 0.4) is 0 Å². The van der Waals surface area contributed by atoms with Gasteiger partial charge in [0.15, 0.2) is 5.13 Å². The largest absolute Gasteiger partial charge is 0.416 e. The lowest BCUT2D eigenvalue weighted by Crippen LogP contribution is -2.11. The second-order valence-corrected chi connectivity index (χ2v) is 7.19. The summed E-state index contributed by atoms with van der Waals surface area (Å²) < 4.78 is 39.5. The molecule has 0 radical (unpaired) electrons. The van der Waals surface area contributed by atoms with E-state index in [1.807, 2.05) is 13.2 Å². The molecule has 27 heavy (non-hydrogen) atoms. The molecule has 0 aliphatic rings. The summed E-state index contributed by atoms with van der Waals surface area (Å²) in [6.07, 6.45) is 2.23. The maximum atomic E-state index is 12.6. The summed E-state index contributed by atoms with van der Waals surface area (Å²) >= 11 is 1.31. The highest BCUT2D eigenvalue weighted by atomic mass is 32.1. The minimum atomic E-state index is -4.34. The summed E-state index contributed by atoms with van der Waals surface area (Å²) in [6.45, 7) is 0. The molecule has 0 saturated heterocycles. The molecule has 0 aliphatic carbocycles. The van der Waals surface area contributed by atoms with Gasteiger partial charge in [0.05, 0.1) is 11.8 Å². The third kappa shape index (κ3) is 5.40. The van der Waals surface area contributed by atoms with Crippen molar-refractivity contribution in [1.29, 1.82) is 0 Å². The van der Waals surface area contributed by atoms with E-state index in [1.165, 1.54) is 23.5 Å². The van der Waals surface area contributed by atoms with Crippen molar-refractivity contribution < 1.29 is 18.0 Å². The molecule has 1 N–H and O–H groups in total. The maximum Gasteiger partial charge on any atom is 0.416 e. The molecule has 2 aromatic heterocycles. The predicted octanol–water partition coefficient (Wildman–Crippen LogP) is 4.06. The standard InChI is InChI=1S/C18H17F3N4OS/c1-25-11-13(9-23-25)4-7-16(26)24-17-22-10-15(27-17)8-12-2-5-14(6-3-12)18(19,20)21/h2-3,5-6,9-11H,4,7-8H2,1H3,(H,22,24,26). The molecule has 0 bridgehead atoms. The minimum absolute atomic E-state index is 0.144. The highest BCUT2D eigenvalue weighted by Crippen LogP contribution is 2.30. The third-order valence-corrected chi connectivity index (χ3v) is 4.77. The lowest BCUT2D eigenvalue weighted by atomic mass is 10.1. The predicted molar refractivity (Wildman–Crippen MR) is 96.5 cm³/mol. The second kappa shape index (κ2) is 7.91. The van der Waals surface area contributed by atoms with E-state index in [9.17, 15) is 18.0 Å². The monoisotopic (exact) mass is 394 g/mol. The molecule has 1 amide bonds. The molecule has 142 valence electrons. The number of thiazole rings is 1. The van der Waals surface area contributed by atoms with Crippen LogP contribution in [0.4, 0.5) is 18.3 Å². The number of anilines is 1. The van der Waals surface area contributed by atoms with E-state index in [-0.39, 0.29) is 5.91 Å². The fraction of sp³-hybridized carbons (Fsp3) is 0.278. The quantitative estimate of drug-likeness (QED) is 0.686. The van der Waals surface area contributed by atoms with Crippen molar-refractivity contribution >= 4 is 22.4 Å². The number of halogens is 3. The number of rotatable bonds is 6. The SMILES string of the molecule is Cn1cc(CCC(=O)Nc2ncc(Cc3ccc(C(F)(F)F)cc3)s2)cn1. The van der Waals surface area contributed by atoms with Crippen molar-refractivity contribution in [2.75, 3.05) is 5.32 Å². The topological polar surface area (TPSA) is 59.8 Å². The van der Waals surface area contributed by atoms with Gasteiger partial charge in [0, 0.05) is 37.2 Å². The van der Waals surface area contributed by atoms with Crippen molar-refractivity contribution in [3.63, 3.8) is 0 Å². The highest BCUT2D eigenvalue weighted by Gasteiger charge is 2.29. The first-order valence-corrected chi connectivity index (χ1v) is 8.99. The first kappa shape index (κ1) is 19.1. The van der Waals surface area contributed by atoms with Crippen LogP contribution in [0.2, 0.25) is 0 Å². The Morgan fingerprint density at radius 3 is 2.56 bits per heavy atom. The second-order valence-electron chi connectivity index (χ2n) is 6.07. The number of nitrogens with zero attached hydrogens (tertiary/aromatic N) is 3. The van der Waals surface area contributed by atoms with Crippen molar-refractivity contribution in [3.05, 3.63) is 64.4 Å². The Balaban J connectivity index is 1.52. The molecular weight excluding hydrogens is 377 g/mol. The smallest absolute Gasteiger partial charge is 0.302 e. The normalized spacial score (nSPS) is 11.6. The Bertz CT molecular complexity index is 915. The van der Waals surface area contributed by atoms with Crippen molar-refractivity contribution in [2.45, 2.75) is 25.4 Å². The number of nitrogens with one attached hydrogen (secondary N) is 1. The number of alkyl halides is 3.